The number of benzene rings is 1. The highest BCUT2D eigenvalue weighted by Crippen LogP contribution is 2.23. The number of aryl methyl sites for hydroxylation is 1. The standard InChI is InChI=1S/C14H13ClF2N4O4S/c1-8-6-11(15)19-13(18-8)20-14(22)21-26(23,24)10-5-3-2-4-9(10)25-7-12(16)17/h2-6,12H,7H2,1H3,(H2,18,19,20,21,22). The fourth-order valence-corrected chi connectivity index (χ4v) is 3.13. The number of nitrogens with one attached hydrogen (secondary N) is 2. The Hall–Kier alpha value is -2.53. The maximum atomic E-state index is 12.3. The van der Waals surface area contributed by atoms with Gasteiger partial charge in [0.15, 0.2) is 0 Å². The van der Waals surface area contributed by atoms with E-state index in [4.69, 9.17) is 16.3 Å². The van der Waals surface area contributed by atoms with Crippen molar-refractivity contribution in [2.75, 3.05) is 11.9 Å². The first-order chi connectivity index (χ1) is 12.2. The summed E-state index contributed by atoms with van der Waals surface area (Å²) in [5, 5.41) is 2.18. The number of halogens is 3. The maximum Gasteiger partial charge on any atom is 0.335 e. The number of nitrogens with zero attached hydrogens (tertiary/aromatic N) is 2. The molecule has 0 radical (unpaired) electrons. The van der Waals surface area contributed by atoms with Gasteiger partial charge in [-0.05, 0) is 25.1 Å². The summed E-state index contributed by atoms with van der Waals surface area (Å²) in [6.45, 7) is 0.609. The van der Waals surface area contributed by atoms with E-state index in [0.717, 1.165) is 6.07 Å². The number of amides is 2. The van der Waals surface area contributed by atoms with Crippen molar-refractivity contribution in [3.63, 3.8) is 0 Å². The molecule has 0 bridgehead atoms. The zero-order chi connectivity index (χ0) is 19.3. The highest BCUT2D eigenvalue weighted by atomic mass is 35.5. The van der Waals surface area contributed by atoms with Crippen molar-refractivity contribution in [2.24, 2.45) is 0 Å². The van der Waals surface area contributed by atoms with Crippen LogP contribution in [0.2, 0.25) is 5.15 Å². The third-order valence-electron chi connectivity index (χ3n) is 2.78. The van der Waals surface area contributed by atoms with Crippen LogP contribution in [0.3, 0.4) is 0 Å². The molecule has 140 valence electrons. The van der Waals surface area contributed by atoms with Gasteiger partial charge in [-0.2, -0.15) is 0 Å². The average molecular weight is 407 g/mol. The summed E-state index contributed by atoms with van der Waals surface area (Å²) < 4.78 is 55.7. The lowest BCUT2D eigenvalue weighted by Crippen LogP contribution is -2.35. The van der Waals surface area contributed by atoms with Gasteiger partial charge >= 0.3 is 6.03 Å². The van der Waals surface area contributed by atoms with Gasteiger partial charge in [0.25, 0.3) is 16.4 Å². The number of carbonyl (C=O) groups excluding carboxylic acids is 1. The number of aromatic nitrogens is 2. The zero-order valence-corrected chi connectivity index (χ0v) is 14.8. The number of hydrogen-bond donors (Lipinski definition) is 2. The number of ether oxygens (including phenoxy) is 1. The van der Waals surface area contributed by atoms with Crippen molar-refractivity contribution in [3.05, 3.63) is 41.2 Å². The number of rotatable bonds is 6. The fraction of sp³-hybridized carbons (Fsp3) is 0.214. The van der Waals surface area contributed by atoms with E-state index >= 15 is 0 Å². The molecule has 1 heterocycles. The molecule has 0 aliphatic heterocycles. The Kier molecular flexibility index (Phi) is 6.27. The molecule has 0 fully saturated rings. The largest absolute Gasteiger partial charge is 0.486 e. The molecule has 0 aliphatic rings. The van der Waals surface area contributed by atoms with Crippen molar-refractivity contribution < 1.29 is 26.7 Å². The van der Waals surface area contributed by atoms with E-state index in [2.05, 4.69) is 15.3 Å². The topological polar surface area (TPSA) is 110 Å². The van der Waals surface area contributed by atoms with Crippen molar-refractivity contribution in [3.8, 4) is 5.75 Å². The summed E-state index contributed by atoms with van der Waals surface area (Å²) in [5.74, 6) is -0.520. The summed E-state index contributed by atoms with van der Waals surface area (Å²) in [7, 11) is -4.40. The molecule has 8 nitrogen and oxygen atoms in total. The van der Waals surface area contributed by atoms with E-state index in [0.29, 0.717) is 5.69 Å². The highest BCUT2D eigenvalue weighted by Gasteiger charge is 2.23. The molecule has 1 aromatic heterocycles. The van der Waals surface area contributed by atoms with Crippen molar-refractivity contribution in [1.29, 1.82) is 0 Å². The second kappa shape index (κ2) is 8.23. The monoisotopic (exact) mass is 406 g/mol. The molecule has 26 heavy (non-hydrogen) atoms. The lowest BCUT2D eigenvalue weighted by molar-refractivity contribution is 0.0804. The van der Waals surface area contributed by atoms with E-state index in [9.17, 15) is 22.0 Å². The van der Waals surface area contributed by atoms with Crippen LogP contribution in [0, 0.1) is 6.92 Å². The first kappa shape index (κ1) is 19.8. The molecule has 2 rings (SSSR count). The third kappa shape index (κ3) is 5.49. The van der Waals surface area contributed by atoms with Crippen LogP contribution in [-0.4, -0.2) is 37.4 Å². The molecule has 2 N–H and O–H groups in total. The van der Waals surface area contributed by atoms with Gasteiger partial charge in [-0.15, -0.1) is 0 Å². The van der Waals surface area contributed by atoms with Gasteiger partial charge in [0.2, 0.25) is 5.95 Å². The molecule has 0 saturated carbocycles. The summed E-state index contributed by atoms with van der Waals surface area (Å²) >= 11 is 5.72. The van der Waals surface area contributed by atoms with E-state index in [-0.39, 0.29) is 16.9 Å². The summed E-state index contributed by atoms with van der Waals surface area (Å²) in [6, 6.07) is 5.34. The van der Waals surface area contributed by atoms with Gasteiger partial charge in [-0.1, -0.05) is 23.7 Å². The molecule has 1 aromatic carbocycles. The van der Waals surface area contributed by atoms with Crippen molar-refractivity contribution in [2.45, 2.75) is 18.2 Å². The van der Waals surface area contributed by atoms with Crippen LogP contribution in [0.1, 0.15) is 5.69 Å². The van der Waals surface area contributed by atoms with Gasteiger partial charge in [0.1, 0.15) is 22.4 Å². The Balaban J connectivity index is 2.16. The van der Waals surface area contributed by atoms with Crippen LogP contribution in [0.15, 0.2) is 35.2 Å². The summed E-state index contributed by atoms with van der Waals surface area (Å²) in [6.07, 6.45) is -2.79. The number of alkyl halides is 2. The number of sulfonamides is 1. The molecule has 0 spiro atoms. The maximum absolute atomic E-state index is 12.3. The number of urea groups is 1. The van der Waals surface area contributed by atoms with Crippen LogP contribution in [-0.2, 0) is 10.0 Å². The van der Waals surface area contributed by atoms with E-state index < -0.39 is 34.0 Å². The lowest BCUT2D eigenvalue weighted by atomic mass is 10.3. The Bertz CT molecular complexity index is 891. The number of para-hydroxylation sites is 1. The highest BCUT2D eigenvalue weighted by molar-refractivity contribution is 7.90. The normalized spacial score (nSPS) is 11.3. The molecule has 12 heteroatoms. The lowest BCUT2D eigenvalue weighted by Gasteiger charge is -2.12. The number of hydrogen-bond acceptors (Lipinski definition) is 6. The molecule has 0 unspecified atom stereocenters. The van der Waals surface area contributed by atoms with E-state index in [1.807, 2.05) is 0 Å². The first-order valence-electron chi connectivity index (χ1n) is 7.02. The van der Waals surface area contributed by atoms with Gasteiger partial charge in [0.05, 0.1) is 0 Å². The second-order valence-corrected chi connectivity index (χ2v) is 6.90. The van der Waals surface area contributed by atoms with Gasteiger partial charge in [-0.3, -0.25) is 5.32 Å². The van der Waals surface area contributed by atoms with E-state index in [1.54, 1.807) is 11.6 Å². The van der Waals surface area contributed by atoms with E-state index in [1.165, 1.54) is 24.3 Å². The van der Waals surface area contributed by atoms with Gasteiger partial charge in [0, 0.05) is 5.69 Å². The Morgan fingerprint density at radius 1 is 1.31 bits per heavy atom. The molecule has 0 aliphatic carbocycles. The van der Waals surface area contributed by atoms with Crippen LogP contribution >= 0.6 is 11.6 Å². The summed E-state index contributed by atoms with van der Waals surface area (Å²) in [5.41, 5.74) is 0.453. The van der Waals surface area contributed by atoms with Crippen LogP contribution < -0.4 is 14.8 Å². The van der Waals surface area contributed by atoms with Crippen molar-refractivity contribution in [1.82, 2.24) is 14.7 Å². The molecule has 0 saturated heterocycles. The first-order valence-corrected chi connectivity index (χ1v) is 8.88. The predicted molar refractivity (Wildman–Crippen MR) is 89.1 cm³/mol. The van der Waals surface area contributed by atoms with Crippen LogP contribution in [0.4, 0.5) is 19.5 Å². The van der Waals surface area contributed by atoms with Gasteiger partial charge in [-0.25, -0.2) is 36.7 Å². The van der Waals surface area contributed by atoms with Crippen molar-refractivity contribution >= 4 is 33.6 Å². The smallest absolute Gasteiger partial charge is 0.335 e. The predicted octanol–water partition coefficient (Wildman–Crippen LogP) is 2.59. The van der Waals surface area contributed by atoms with Gasteiger partial charge < -0.3 is 4.74 Å². The van der Waals surface area contributed by atoms with Crippen LogP contribution in [0.5, 0.6) is 5.75 Å². The Morgan fingerprint density at radius 2 is 2.00 bits per heavy atom. The quantitative estimate of drug-likeness (QED) is 0.713. The SMILES string of the molecule is Cc1cc(Cl)nc(NC(=O)NS(=O)(=O)c2ccccc2OCC(F)F)n1. The minimum atomic E-state index is -4.40. The molecule has 0 atom stereocenters. The second-order valence-electron chi connectivity index (χ2n) is 4.86. The Morgan fingerprint density at radius 3 is 2.65 bits per heavy atom. The third-order valence-corrected chi connectivity index (χ3v) is 4.34. The molecule has 2 amide bonds. The molecular weight excluding hydrogens is 394 g/mol. The number of anilines is 1. The number of carbonyl (C=O) groups is 1. The minimum absolute atomic E-state index is 0.0569. The fourth-order valence-electron chi connectivity index (χ4n) is 1.83. The summed E-state index contributed by atoms with van der Waals surface area (Å²) in [4.78, 5) is 19.0. The molecule has 2 aromatic rings. The average Bonchev–Trinajstić information content (AvgIpc) is 2.51. The molecular formula is C14H13ClF2N4O4S. The van der Waals surface area contributed by atoms with Crippen LogP contribution in [0.25, 0.3) is 0 Å². The minimum Gasteiger partial charge on any atom is -0.486 e. The zero-order valence-electron chi connectivity index (χ0n) is 13.2. The Labute approximate surface area is 152 Å².